The van der Waals surface area contributed by atoms with Gasteiger partial charge in [0, 0.05) is 24.3 Å². The molecule has 2 heterocycles. The van der Waals surface area contributed by atoms with E-state index in [1.54, 1.807) is 0 Å². The molecule has 3 aromatic rings. The zero-order valence-corrected chi connectivity index (χ0v) is 18.5. The molecule has 2 aliphatic carbocycles. The summed E-state index contributed by atoms with van der Waals surface area (Å²) >= 11 is 1.86. The number of rotatable bonds is 6. The molecule has 3 aliphatic rings. The van der Waals surface area contributed by atoms with E-state index in [1.807, 2.05) is 11.3 Å². The molecule has 0 radical (unpaired) electrons. The summed E-state index contributed by atoms with van der Waals surface area (Å²) < 4.78 is 11.0. The lowest BCUT2D eigenvalue weighted by Gasteiger charge is -2.29. The fourth-order valence-electron chi connectivity index (χ4n) is 4.85. The molecule has 6 rings (SSSR count). The Hall–Kier alpha value is -2.53. The summed E-state index contributed by atoms with van der Waals surface area (Å²) in [7, 11) is 0. The number of fused-ring (bicyclic) bond motifs is 1. The van der Waals surface area contributed by atoms with Crippen molar-refractivity contribution >= 4 is 17.0 Å². The van der Waals surface area contributed by atoms with Crippen molar-refractivity contribution < 1.29 is 9.47 Å². The lowest BCUT2D eigenvalue weighted by Crippen LogP contribution is -2.20. The monoisotopic (exact) mass is 432 g/mol. The Labute approximate surface area is 187 Å². The minimum atomic E-state index is 0.350. The topological polar surface area (TPSA) is 43.4 Å². The van der Waals surface area contributed by atoms with E-state index in [0.717, 1.165) is 29.9 Å². The van der Waals surface area contributed by atoms with Gasteiger partial charge in [0.2, 0.25) is 6.79 Å². The number of aromatic nitrogens is 1. The number of hydrogen-bond donors (Lipinski definition) is 1. The molecule has 0 bridgehead atoms. The van der Waals surface area contributed by atoms with Crippen LogP contribution >= 0.6 is 11.3 Å². The van der Waals surface area contributed by atoms with Crippen LogP contribution in [0.5, 0.6) is 11.5 Å². The van der Waals surface area contributed by atoms with Gasteiger partial charge < -0.3 is 14.8 Å². The van der Waals surface area contributed by atoms with E-state index in [9.17, 15) is 0 Å². The van der Waals surface area contributed by atoms with Gasteiger partial charge in [0.25, 0.3) is 0 Å². The summed E-state index contributed by atoms with van der Waals surface area (Å²) in [5.74, 6) is 3.89. The first-order valence-corrected chi connectivity index (χ1v) is 12.3. The van der Waals surface area contributed by atoms with E-state index < -0.39 is 0 Å². The molecule has 0 amide bonds. The Morgan fingerprint density at radius 1 is 0.903 bits per heavy atom. The molecule has 4 nitrogen and oxygen atoms in total. The molecule has 2 fully saturated rings. The smallest absolute Gasteiger partial charge is 0.231 e. The zero-order chi connectivity index (χ0) is 20.6. The minimum Gasteiger partial charge on any atom is -0.454 e. The van der Waals surface area contributed by atoms with E-state index >= 15 is 0 Å². The largest absolute Gasteiger partial charge is 0.454 e. The van der Waals surface area contributed by atoms with Crippen molar-refractivity contribution in [1.29, 1.82) is 0 Å². The van der Waals surface area contributed by atoms with E-state index in [0.29, 0.717) is 12.7 Å². The van der Waals surface area contributed by atoms with Crippen molar-refractivity contribution in [2.75, 3.05) is 18.7 Å². The average molecular weight is 433 g/mol. The van der Waals surface area contributed by atoms with E-state index in [1.165, 1.54) is 65.2 Å². The van der Waals surface area contributed by atoms with Gasteiger partial charge in [-0.25, -0.2) is 4.98 Å². The average Bonchev–Trinajstić information content (AvgIpc) is 3.35. The van der Waals surface area contributed by atoms with Crippen LogP contribution in [0.3, 0.4) is 0 Å². The molecule has 1 aromatic heterocycles. The highest BCUT2D eigenvalue weighted by atomic mass is 32.1. The Morgan fingerprint density at radius 2 is 1.74 bits per heavy atom. The Bertz CT molecular complexity index is 1070. The van der Waals surface area contributed by atoms with Crippen molar-refractivity contribution in [1.82, 2.24) is 4.98 Å². The van der Waals surface area contributed by atoms with Crippen LogP contribution in [0.2, 0.25) is 0 Å². The number of ether oxygens (including phenoxy) is 2. The summed E-state index contributed by atoms with van der Waals surface area (Å²) in [5.41, 5.74) is 3.90. The molecule has 0 saturated heterocycles. The van der Waals surface area contributed by atoms with Gasteiger partial charge in [-0.1, -0.05) is 18.2 Å². The number of nitrogens with one attached hydrogen (secondary N) is 1. The predicted molar refractivity (Wildman–Crippen MR) is 125 cm³/mol. The lowest BCUT2D eigenvalue weighted by molar-refractivity contribution is 0.174. The van der Waals surface area contributed by atoms with Gasteiger partial charge in [0.1, 0.15) is 0 Å². The Balaban J connectivity index is 1.04. The molecule has 2 saturated carbocycles. The summed E-state index contributed by atoms with van der Waals surface area (Å²) in [4.78, 5) is 5.92. The fourth-order valence-corrected chi connectivity index (χ4v) is 5.93. The van der Waals surface area contributed by atoms with Crippen LogP contribution < -0.4 is 14.8 Å². The minimum absolute atomic E-state index is 0.350. The summed E-state index contributed by atoms with van der Waals surface area (Å²) in [6, 6.07) is 15.3. The van der Waals surface area contributed by atoms with E-state index in [-0.39, 0.29) is 0 Å². The fraction of sp³-hybridized carbons (Fsp3) is 0.423. The van der Waals surface area contributed by atoms with Crippen molar-refractivity contribution in [3.05, 3.63) is 59.2 Å². The first kappa shape index (κ1) is 19.2. The van der Waals surface area contributed by atoms with Gasteiger partial charge in [-0.05, 0) is 85.8 Å². The van der Waals surface area contributed by atoms with Crippen LogP contribution in [0, 0.1) is 5.92 Å². The van der Waals surface area contributed by atoms with Crippen LogP contribution in [0.25, 0.3) is 10.4 Å². The molecule has 1 N–H and O–H groups in total. The standard InChI is InChI=1S/C26H28N2O2S/c1-2-21(25-15-28-26(31-25)19-8-9-19)12-22(3-1)27-14-17-4-6-18(7-5-17)20-10-11-23-24(13-20)30-16-29-23/h1-3,10-13,15,17-19,27H,4-9,14,16H2/t17-,18-. The second-order valence-corrected chi connectivity index (χ2v) is 10.2. The third-order valence-electron chi connectivity index (χ3n) is 6.91. The molecule has 0 unspecified atom stereocenters. The van der Waals surface area contributed by atoms with Crippen LogP contribution in [-0.4, -0.2) is 18.3 Å². The van der Waals surface area contributed by atoms with E-state index in [2.05, 4.69) is 59.0 Å². The van der Waals surface area contributed by atoms with Gasteiger partial charge in [-0.15, -0.1) is 11.3 Å². The highest BCUT2D eigenvalue weighted by Crippen LogP contribution is 2.44. The molecule has 1 aliphatic heterocycles. The second-order valence-electron chi connectivity index (χ2n) is 9.13. The van der Waals surface area contributed by atoms with Crippen molar-refractivity contribution in [3.63, 3.8) is 0 Å². The molecular formula is C26H28N2O2S. The van der Waals surface area contributed by atoms with Crippen LogP contribution in [0.1, 0.15) is 60.9 Å². The molecule has 2 aromatic carbocycles. The van der Waals surface area contributed by atoms with Gasteiger partial charge in [0.15, 0.2) is 11.5 Å². The van der Waals surface area contributed by atoms with Crippen LogP contribution in [0.15, 0.2) is 48.7 Å². The second kappa shape index (κ2) is 8.19. The predicted octanol–water partition coefficient (Wildman–Crippen LogP) is 6.80. The third-order valence-corrected chi connectivity index (χ3v) is 8.12. The van der Waals surface area contributed by atoms with Crippen LogP contribution in [-0.2, 0) is 0 Å². The summed E-state index contributed by atoms with van der Waals surface area (Å²) in [5, 5.41) is 5.02. The molecule has 0 atom stereocenters. The normalized spacial score (nSPS) is 22.5. The van der Waals surface area contributed by atoms with E-state index in [4.69, 9.17) is 9.47 Å². The first-order valence-electron chi connectivity index (χ1n) is 11.5. The maximum absolute atomic E-state index is 5.56. The maximum atomic E-state index is 5.56. The van der Waals surface area contributed by atoms with Gasteiger partial charge >= 0.3 is 0 Å². The first-order chi connectivity index (χ1) is 15.3. The van der Waals surface area contributed by atoms with Gasteiger partial charge in [-0.3, -0.25) is 0 Å². The number of hydrogen-bond acceptors (Lipinski definition) is 5. The zero-order valence-electron chi connectivity index (χ0n) is 17.7. The van der Waals surface area contributed by atoms with Crippen molar-refractivity contribution in [3.8, 4) is 21.9 Å². The van der Waals surface area contributed by atoms with Crippen LogP contribution in [0.4, 0.5) is 5.69 Å². The number of benzene rings is 2. The Morgan fingerprint density at radius 3 is 2.61 bits per heavy atom. The maximum Gasteiger partial charge on any atom is 0.231 e. The summed E-state index contributed by atoms with van der Waals surface area (Å²) in [6.07, 6.45) is 9.70. The highest BCUT2D eigenvalue weighted by molar-refractivity contribution is 7.15. The van der Waals surface area contributed by atoms with Crippen molar-refractivity contribution in [2.45, 2.75) is 50.4 Å². The van der Waals surface area contributed by atoms with Crippen molar-refractivity contribution in [2.24, 2.45) is 5.92 Å². The third kappa shape index (κ3) is 4.16. The molecule has 31 heavy (non-hydrogen) atoms. The lowest BCUT2D eigenvalue weighted by atomic mass is 9.78. The highest BCUT2D eigenvalue weighted by Gasteiger charge is 2.27. The SMILES string of the molecule is c1cc(NC[C@H]2CC[C@H](c3ccc4c(c3)OCO4)CC2)cc(-c2cnc(C3CC3)s2)c1. The van der Waals surface area contributed by atoms with Gasteiger partial charge in [-0.2, -0.15) is 0 Å². The Kier molecular flexibility index (Phi) is 5.07. The molecule has 5 heteroatoms. The molecule has 160 valence electrons. The number of nitrogens with zero attached hydrogens (tertiary/aromatic N) is 1. The molecular weight excluding hydrogens is 404 g/mol. The molecule has 0 spiro atoms. The number of thiazole rings is 1. The number of anilines is 1. The quantitative estimate of drug-likeness (QED) is 0.465. The van der Waals surface area contributed by atoms with Gasteiger partial charge in [0.05, 0.1) is 9.88 Å². The summed E-state index contributed by atoms with van der Waals surface area (Å²) in [6.45, 7) is 1.40.